The summed E-state index contributed by atoms with van der Waals surface area (Å²) in [6.45, 7) is 4.21. The number of hydrogen-bond donors (Lipinski definition) is 1. The summed E-state index contributed by atoms with van der Waals surface area (Å²) in [5, 5.41) is 0. The average Bonchev–Trinajstić information content (AvgIpc) is 2.39. The number of nitrogens with two attached hydrogens (primary N) is 1. The van der Waals surface area contributed by atoms with Gasteiger partial charge in [-0.2, -0.15) is 0 Å². The second kappa shape index (κ2) is 5.11. The molecule has 0 bridgehead atoms. The molecule has 0 radical (unpaired) electrons. The van der Waals surface area contributed by atoms with Crippen LogP contribution in [0.1, 0.15) is 35.2 Å². The minimum absolute atomic E-state index is 0.0615. The fraction of sp³-hybridized carbons (Fsp3) is 0.267. The van der Waals surface area contributed by atoms with Gasteiger partial charge in [0.05, 0.1) is 6.04 Å². The third-order valence-corrected chi connectivity index (χ3v) is 3.09. The van der Waals surface area contributed by atoms with Gasteiger partial charge in [-0.25, -0.2) is 0 Å². The van der Waals surface area contributed by atoms with Gasteiger partial charge in [-0.1, -0.05) is 36.8 Å². The van der Waals surface area contributed by atoms with Crippen LogP contribution < -0.4 is 5.73 Å². The van der Waals surface area contributed by atoms with Gasteiger partial charge in [0.2, 0.25) is 0 Å². The first kappa shape index (κ1) is 11.8. The molecule has 0 aliphatic carbocycles. The van der Waals surface area contributed by atoms with Crippen LogP contribution in [0.25, 0.3) is 0 Å². The van der Waals surface area contributed by atoms with Crippen LogP contribution in [0.2, 0.25) is 0 Å². The van der Waals surface area contributed by atoms with Crippen LogP contribution in [-0.4, -0.2) is 4.98 Å². The number of nitrogens with zero attached hydrogens (tertiary/aromatic N) is 1. The molecule has 0 spiro atoms. The van der Waals surface area contributed by atoms with Crippen molar-refractivity contribution in [3.05, 3.63) is 65.0 Å². The van der Waals surface area contributed by atoms with Crippen molar-refractivity contribution >= 4 is 0 Å². The molecule has 1 unspecified atom stereocenters. The summed E-state index contributed by atoms with van der Waals surface area (Å²) >= 11 is 0. The monoisotopic (exact) mass is 226 g/mol. The Hall–Kier alpha value is -1.67. The third-order valence-electron chi connectivity index (χ3n) is 3.09. The molecule has 17 heavy (non-hydrogen) atoms. The molecule has 1 heterocycles. The zero-order valence-electron chi connectivity index (χ0n) is 10.4. The molecule has 2 aromatic rings. The van der Waals surface area contributed by atoms with Crippen molar-refractivity contribution in [2.75, 3.05) is 0 Å². The van der Waals surface area contributed by atoms with E-state index >= 15 is 0 Å². The van der Waals surface area contributed by atoms with Gasteiger partial charge < -0.3 is 5.73 Å². The van der Waals surface area contributed by atoms with Crippen LogP contribution in [0.4, 0.5) is 0 Å². The largest absolute Gasteiger partial charge is 0.320 e. The predicted molar refractivity (Wildman–Crippen MR) is 70.8 cm³/mol. The first-order chi connectivity index (χ1) is 8.22. The number of benzene rings is 1. The summed E-state index contributed by atoms with van der Waals surface area (Å²) in [7, 11) is 0. The summed E-state index contributed by atoms with van der Waals surface area (Å²) in [5.74, 6) is 0. The predicted octanol–water partition coefficient (Wildman–Crippen LogP) is 3.00. The topological polar surface area (TPSA) is 38.9 Å². The molecule has 0 fully saturated rings. The lowest BCUT2D eigenvalue weighted by molar-refractivity contribution is 0.843. The maximum atomic E-state index is 6.31. The summed E-state index contributed by atoms with van der Waals surface area (Å²) in [6.07, 6.45) is 4.68. The number of aryl methyl sites for hydroxylation is 2. The van der Waals surface area contributed by atoms with Crippen molar-refractivity contribution in [3.8, 4) is 0 Å². The Morgan fingerprint density at radius 2 is 1.88 bits per heavy atom. The van der Waals surface area contributed by atoms with E-state index in [1.54, 1.807) is 0 Å². The van der Waals surface area contributed by atoms with E-state index < -0.39 is 0 Å². The Balaban J connectivity index is 2.36. The third kappa shape index (κ3) is 2.53. The molecule has 0 aliphatic rings. The average molecular weight is 226 g/mol. The highest BCUT2D eigenvalue weighted by Crippen LogP contribution is 2.22. The molecular formula is C15H18N2. The van der Waals surface area contributed by atoms with Gasteiger partial charge in [-0.15, -0.1) is 0 Å². The first-order valence-electron chi connectivity index (χ1n) is 5.97. The molecule has 2 heteroatoms. The van der Waals surface area contributed by atoms with Gasteiger partial charge in [0.25, 0.3) is 0 Å². The van der Waals surface area contributed by atoms with Crippen molar-refractivity contribution < 1.29 is 0 Å². The summed E-state index contributed by atoms with van der Waals surface area (Å²) in [5.41, 5.74) is 11.1. The van der Waals surface area contributed by atoms with Crippen LogP contribution in [0, 0.1) is 6.92 Å². The minimum atomic E-state index is -0.0615. The van der Waals surface area contributed by atoms with Crippen molar-refractivity contribution in [2.45, 2.75) is 26.3 Å². The van der Waals surface area contributed by atoms with Crippen molar-refractivity contribution in [1.29, 1.82) is 0 Å². The van der Waals surface area contributed by atoms with Gasteiger partial charge in [-0.05, 0) is 36.1 Å². The van der Waals surface area contributed by atoms with Crippen LogP contribution in [0.15, 0.2) is 42.7 Å². The van der Waals surface area contributed by atoms with Gasteiger partial charge in [0.1, 0.15) is 0 Å². The Morgan fingerprint density at radius 3 is 2.53 bits per heavy atom. The molecule has 0 saturated carbocycles. The van der Waals surface area contributed by atoms with Gasteiger partial charge in [0, 0.05) is 12.4 Å². The SMILES string of the molecule is CCc1cnccc1C(N)c1ccc(C)cc1. The lowest BCUT2D eigenvalue weighted by Gasteiger charge is -2.16. The zero-order valence-corrected chi connectivity index (χ0v) is 10.4. The zero-order chi connectivity index (χ0) is 12.3. The lowest BCUT2D eigenvalue weighted by Crippen LogP contribution is -2.14. The van der Waals surface area contributed by atoms with Crippen LogP contribution in [0.5, 0.6) is 0 Å². The normalized spacial score (nSPS) is 12.4. The summed E-state index contributed by atoms with van der Waals surface area (Å²) in [4.78, 5) is 4.15. The van der Waals surface area contributed by atoms with Gasteiger partial charge >= 0.3 is 0 Å². The Bertz CT molecular complexity index is 489. The molecule has 1 aromatic heterocycles. The number of hydrogen-bond acceptors (Lipinski definition) is 2. The Labute approximate surface area is 103 Å². The highest BCUT2D eigenvalue weighted by atomic mass is 14.7. The molecule has 2 N–H and O–H groups in total. The smallest absolute Gasteiger partial charge is 0.0555 e. The van der Waals surface area contributed by atoms with Gasteiger partial charge in [-0.3, -0.25) is 4.98 Å². The molecule has 88 valence electrons. The summed E-state index contributed by atoms with van der Waals surface area (Å²) in [6, 6.07) is 10.3. The second-order valence-corrected chi connectivity index (χ2v) is 4.32. The molecule has 0 amide bonds. The van der Waals surface area contributed by atoms with Crippen LogP contribution in [-0.2, 0) is 6.42 Å². The van der Waals surface area contributed by atoms with E-state index in [0.29, 0.717) is 0 Å². The van der Waals surface area contributed by atoms with Crippen molar-refractivity contribution in [3.63, 3.8) is 0 Å². The second-order valence-electron chi connectivity index (χ2n) is 4.32. The molecular weight excluding hydrogens is 208 g/mol. The van der Waals surface area contributed by atoms with Crippen LogP contribution in [0.3, 0.4) is 0 Å². The molecule has 2 nitrogen and oxygen atoms in total. The van der Waals surface area contributed by atoms with E-state index in [1.165, 1.54) is 16.7 Å². The molecule has 2 rings (SSSR count). The van der Waals surface area contributed by atoms with Crippen LogP contribution >= 0.6 is 0 Å². The molecule has 0 saturated heterocycles. The first-order valence-corrected chi connectivity index (χ1v) is 5.97. The number of pyridine rings is 1. The maximum Gasteiger partial charge on any atom is 0.0555 e. The highest BCUT2D eigenvalue weighted by molar-refractivity contribution is 5.36. The van der Waals surface area contributed by atoms with E-state index in [1.807, 2.05) is 18.5 Å². The Morgan fingerprint density at radius 1 is 1.18 bits per heavy atom. The lowest BCUT2D eigenvalue weighted by atomic mass is 9.95. The number of rotatable bonds is 3. The van der Waals surface area contributed by atoms with E-state index in [0.717, 1.165) is 12.0 Å². The molecule has 1 aromatic carbocycles. The minimum Gasteiger partial charge on any atom is -0.320 e. The fourth-order valence-electron chi connectivity index (χ4n) is 1.99. The molecule has 0 aliphatic heterocycles. The molecule has 1 atom stereocenters. The van der Waals surface area contributed by atoms with Gasteiger partial charge in [0.15, 0.2) is 0 Å². The fourth-order valence-corrected chi connectivity index (χ4v) is 1.99. The Kier molecular flexibility index (Phi) is 3.55. The van der Waals surface area contributed by atoms with Crippen molar-refractivity contribution in [1.82, 2.24) is 4.98 Å². The van der Waals surface area contributed by atoms with E-state index in [9.17, 15) is 0 Å². The quantitative estimate of drug-likeness (QED) is 0.873. The van der Waals surface area contributed by atoms with E-state index in [2.05, 4.69) is 43.1 Å². The van der Waals surface area contributed by atoms with E-state index in [4.69, 9.17) is 5.73 Å². The maximum absolute atomic E-state index is 6.31. The number of aromatic nitrogens is 1. The highest BCUT2D eigenvalue weighted by Gasteiger charge is 2.11. The standard InChI is InChI=1S/C15H18N2/c1-3-12-10-17-9-8-14(12)15(16)13-6-4-11(2)5-7-13/h4-10,15H,3,16H2,1-2H3. The summed E-state index contributed by atoms with van der Waals surface area (Å²) < 4.78 is 0. The van der Waals surface area contributed by atoms with E-state index in [-0.39, 0.29) is 6.04 Å². The van der Waals surface area contributed by atoms with Crippen molar-refractivity contribution in [2.24, 2.45) is 5.73 Å².